The predicted octanol–water partition coefficient (Wildman–Crippen LogP) is 2.83. The van der Waals surface area contributed by atoms with E-state index in [1.54, 1.807) is 0 Å². The van der Waals surface area contributed by atoms with E-state index < -0.39 is 5.60 Å². The van der Waals surface area contributed by atoms with Crippen molar-refractivity contribution in [2.45, 2.75) is 53.1 Å². The van der Waals surface area contributed by atoms with Gasteiger partial charge in [-0.15, -0.1) is 0 Å². The lowest BCUT2D eigenvalue weighted by atomic mass is 9.64. The van der Waals surface area contributed by atoms with Crippen LogP contribution in [0.5, 0.6) is 0 Å². The van der Waals surface area contributed by atoms with Crippen molar-refractivity contribution in [3.63, 3.8) is 0 Å². The molecule has 1 nitrogen and oxygen atoms in total. The number of fused-ring (bicyclic) bond motifs is 2. The molecule has 2 fully saturated rings. The molecular formula is C12H22O. The van der Waals surface area contributed by atoms with Crippen LogP contribution in [0.1, 0.15) is 47.5 Å². The number of hydrogen-bond acceptors (Lipinski definition) is 1. The van der Waals surface area contributed by atoms with E-state index >= 15 is 0 Å². The van der Waals surface area contributed by atoms with E-state index in [0.29, 0.717) is 17.3 Å². The molecule has 76 valence electrons. The molecule has 0 aromatic rings. The maximum absolute atomic E-state index is 10.5. The van der Waals surface area contributed by atoms with E-state index in [1.807, 2.05) is 6.92 Å². The molecule has 13 heavy (non-hydrogen) atoms. The largest absolute Gasteiger partial charge is 0.389 e. The first-order valence-electron chi connectivity index (χ1n) is 5.47. The van der Waals surface area contributed by atoms with Crippen LogP contribution >= 0.6 is 0 Å². The van der Waals surface area contributed by atoms with E-state index in [2.05, 4.69) is 27.7 Å². The summed E-state index contributed by atoms with van der Waals surface area (Å²) in [7, 11) is 0. The second-order valence-electron chi connectivity index (χ2n) is 6.14. The molecule has 2 aliphatic carbocycles. The maximum Gasteiger partial charge on any atom is 0.0706 e. The summed E-state index contributed by atoms with van der Waals surface area (Å²) in [6.07, 6.45) is 2.50. The van der Waals surface area contributed by atoms with Gasteiger partial charge < -0.3 is 5.11 Å². The smallest absolute Gasteiger partial charge is 0.0706 e. The molecule has 1 N–H and O–H groups in total. The zero-order chi connectivity index (χ0) is 10.1. The van der Waals surface area contributed by atoms with Crippen molar-refractivity contribution < 1.29 is 5.11 Å². The molecule has 4 atom stereocenters. The van der Waals surface area contributed by atoms with Crippen LogP contribution in [0.15, 0.2) is 0 Å². The Morgan fingerprint density at radius 2 is 1.69 bits per heavy atom. The van der Waals surface area contributed by atoms with Crippen molar-refractivity contribution in [3.05, 3.63) is 0 Å². The Bertz CT molecular complexity index is 232. The van der Waals surface area contributed by atoms with Gasteiger partial charge in [-0.25, -0.2) is 0 Å². The third kappa shape index (κ3) is 0.743. The van der Waals surface area contributed by atoms with Crippen molar-refractivity contribution >= 4 is 0 Å². The van der Waals surface area contributed by atoms with Crippen molar-refractivity contribution in [2.75, 3.05) is 0 Å². The highest BCUT2D eigenvalue weighted by Crippen LogP contribution is 2.71. The first kappa shape index (κ1) is 9.51. The Labute approximate surface area is 81.5 Å². The highest BCUT2D eigenvalue weighted by molar-refractivity contribution is 5.18. The standard InChI is InChI=1S/C12H22O/c1-8-9-6-7-11(4,10(9,2)3)12(8,5)13/h8-9,13H,6-7H2,1-5H3/t8?,9-,11+,12-/m1/s1. The Morgan fingerprint density at radius 3 is 1.92 bits per heavy atom. The fourth-order valence-electron chi connectivity index (χ4n) is 4.21. The third-order valence-corrected chi connectivity index (χ3v) is 5.91. The molecular weight excluding hydrogens is 160 g/mol. The summed E-state index contributed by atoms with van der Waals surface area (Å²) in [6, 6.07) is 0. The third-order valence-electron chi connectivity index (χ3n) is 5.91. The lowest BCUT2D eigenvalue weighted by Crippen LogP contribution is -2.47. The van der Waals surface area contributed by atoms with Gasteiger partial charge in [0.2, 0.25) is 0 Å². The van der Waals surface area contributed by atoms with Gasteiger partial charge in [0.15, 0.2) is 0 Å². The lowest BCUT2D eigenvalue weighted by molar-refractivity contribution is -0.0987. The van der Waals surface area contributed by atoms with Gasteiger partial charge in [-0.05, 0) is 37.0 Å². The van der Waals surface area contributed by atoms with Gasteiger partial charge >= 0.3 is 0 Å². The van der Waals surface area contributed by atoms with E-state index in [0.717, 1.165) is 0 Å². The van der Waals surface area contributed by atoms with Crippen LogP contribution in [0.25, 0.3) is 0 Å². The van der Waals surface area contributed by atoms with Crippen LogP contribution in [0.4, 0.5) is 0 Å². The fourth-order valence-corrected chi connectivity index (χ4v) is 4.21. The Balaban J connectivity index is 2.53. The molecule has 2 aliphatic rings. The minimum atomic E-state index is -0.459. The summed E-state index contributed by atoms with van der Waals surface area (Å²) in [4.78, 5) is 0. The average Bonchev–Trinajstić information content (AvgIpc) is 2.26. The fraction of sp³-hybridized carbons (Fsp3) is 1.00. The van der Waals surface area contributed by atoms with Crippen LogP contribution < -0.4 is 0 Å². The molecule has 0 radical (unpaired) electrons. The molecule has 2 bridgehead atoms. The van der Waals surface area contributed by atoms with Crippen LogP contribution in [-0.2, 0) is 0 Å². The van der Waals surface area contributed by atoms with Gasteiger partial charge in [0.05, 0.1) is 5.60 Å². The minimum absolute atomic E-state index is 0.129. The lowest BCUT2D eigenvalue weighted by Gasteiger charge is -2.44. The molecule has 2 rings (SSSR count). The molecule has 0 spiro atoms. The van der Waals surface area contributed by atoms with Gasteiger partial charge in [0.1, 0.15) is 0 Å². The Hall–Kier alpha value is -0.0400. The molecule has 0 aromatic carbocycles. The second-order valence-corrected chi connectivity index (χ2v) is 6.14. The van der Waals surface area contributed by atoms with E-state index in [-0.39, 0.29) is 5.41 Å². The van der Waals surface area contributed by atoms with Gasteiger partial charge in [0.25, 0.3) is 0 Å². The van der Waals surface area contributed by atoms with Crippen molar-refractivity contribution in [2.24, 2.45) is 22.7 Å². The monoisotopic (exact) mass is 182 g/mol. The van der Waals surface area contributed by atoms with Gasteiger partial charge in [-0.2, -0.15) is 0 Å². The number of rotatable bonds is 0. The Kier molecular flexibility index (Phi) is 1.56. The summed E-state index contributed by atoms with van der Waals surface area (Å²) >= 11 is 0. The van der Waals surface area contributed by atoms with Gasteiger partial charge in [-0.3, -0.25) is 0 Å². The van der Waals surface area contributed by atoms with E-state index in [4.69, 9.17) is 0 Å². The molecule has 0 amide bonds. The Morgan fingerprint density at radius 1 is 1.15 bits per heavy atom. The van der Waals surface area contributed by atoms with E-state index in [9.17, 15) is 5.11 Å². The summed E-state index contributed by atoms with van der Waals surface area (Å²) in [5, 5.41) is 10.5. The van der Waals surface area contributed by atoms with Crippen LogP contribution in [-0.4, -0.2) is 10.7 Å². The second kappa shape index (κ2) is 2.13. The van der Waals surface area contributed by atoms with Crippen molar-refractivity contribution in [1.29, 1.82) is 0 Å². The predicted molar refractivity (Wildman–Crippen MR) is 54.4 cm³/mol. The highest BCUT2D eigenvalue weighted by Gasteiger charge is 2.69. The zero-order valence-electron chi connectivity index (χ0n) is 9.52. The highest BCUT2D eigenvalue weighted by atomic mass is 16.3. The van der Waals surface area contributed by atoms with E-state index in [1.165, 1.54) is 12.8 Å². The molecule has 0 aromatic heterocycles. The molecule has 1 heteroatoms. The number of aliphatic hydroxyl groups is 1. The SMILES string of the molecule is CC1[C@H]2CC[C@@](C)(C2(C)C)[C@]1(C)O. The molecule has 1 unspecified atom stereocenters. The average molecular weight is 182 g/mol. The summed E-state index contributed by atoms with van der Waals surface area (Å²) < 4.78 is 0. The maximum atomic E-state index is 10.5. The molecule has 0 heterocycles. The van der Waals surface area contributed by atoms with Crippen molar-refractivity contribution in [3.8, 4) is 0 Å². The number of hydrogen-bond donors (Lipinski definition) is 1. The van der Waals surface area contributed by atoms with Crippen LogP contribution in [0.3, 0.4) is 0 Å². The topological polar surface area (TPSA) is 20.2 Å². The van der Waals surface area contributed by atoms with Crippen molar-refractivity contribution in [1.82, 2.24) is 0 Å². The molecule has 0 aliphatic heterocycles. The summed E-state index contributed by atoms with van der Waals surface area (Å²) in [5.41, 5.74) is -0.0145. The molecule has 0 saturated heterocycles. The van der Waals surface area contributed by atoms with Crippen LogP contribution in [0.2, 0.25) is 0 Å². The normalized spacial score (nSPS) is 58.6. The quantitative estimate of drug-likeness (QED) is 0.611. The summed E-state index contributed by atoms with van der Waals surface area (Å²) in [5.74, 6) is 1.17. The van der Waals surface area contributed by atoms with Crippen LogP contribution in [0, 0.1) is 22.7 Å². The van der Waals surface area contributed by atoms with Gasteiger partial charge in [0, 0.05) is 5.41 Å². The first-order chi connectivity index (χ1) is 5.75. The van der Waals surface area contributed by atoms with Gasteiger partial charge in [-0.1, -0.05) is 27.7 Å². The minimum Gasteiger partial charge on any atom is -0.389 e. The summed E-state index contributed by atoms with van der Waals surface area (Å²) in [6.45, 7) is 11.2. The zero-order valence-corrected chi connectivity index (χ0v) is 9.52. The molecule has 2 saturated carbocycles. The first-order valence-corrected chi connectivity index (χ1v) is 5.47.